The van der Waals surface area contributed by atoms with Gasteiger partial charge in [-0.05, 0) is 42.9 Å². The standard InChI is InChI=1S/C10H13FOS/c11-9-3-5-10(6-4-9)12-7-1-2-8-13/h3-6,13H,1-2,7-8H2. The van der Waals surface area contributed by atoms with Gasteiger partial charge in [0.1, 0.15) is 11.6 Å². The van der Waals surface area contributed by atoms with Crippen molar-refractivity contribution in [2.75, 3.05) is 12.4 Å². The zero-order chi connectivity index (χ0) is 9.52. The van der Waals surface area contributed by atoms with E-state index in [2.05, 4.69) is 12.6 Å². The van der Waals surface area contributed by atoms with Gasteiger partial charge in [0.2, 0.25) is 0 Å². The molecule has 1 aromatic rings. The number of rotatable bonds is 5. The van der Waals surface area contributed by atoms with Crippen molar-refractivity contribution in [1.29, 1.82) is 0 Å². The number of hydrogen-bond donors (Lipinski definition) is 1. The molecule has 0 spiro atoms. The Kier molecular flexibility index (Phi) is 4.68. The van der Waals surface area contributed by atoms with E-state index in [1.165, 1.54) is 12.1 Å². The Morgan fingerprint density at radius 2 is 1.85 bits per heavy atom. The molecule has 0 bridgehead atoms. The second kappa shape index (κ2) is 5.86. The molecule has 0 radical (unpaired) electrons. The van der Waals surface area contributed by atoms with Crippen molar-refractivity contribution in [3.63, 3.8) is 0 Å². The Bertz CT molecular complexity index is 235. The van der Waals surface area contributed by atoms with E-state index in [1.54, 1.807) is 12.1 Å². The van der Waals surface area contributed by atoms with E-state index in [1.807, 2.05) is 0 Å². The largest absolute Gasteiger partial charge is 0.494 e. The topological polar surface area (TPSA) is 9.23 Å². The third kappa shape index (κ3) is 4.18. The van der Waals surface area contributed by atoms with Crippen molar-refractivity contribution in [3.8, 4) is 5.75 Å². The number of thiol groups is 1. The van der Waals surface area contributed by atoms with Crippen LogP contribution in [0.3, 0.4) is 0 Å². The fourth-order valence-electron chi connectivity index (χ4n) is 0.935. The molecule has 0 unspecified atom stereocenters. The maximum Gasteiger partial charge on any atom is 0.123 e. The van der Waals surface area contributed by atoms with Gasteiger partial charge in [0.15, 0.2) is 0 Å². The highest BCUT2D eigenvalue weighted by Gasteiger charge is 1.93. The van der Waals surface area contributed by atoms with Crippen LogP contribution >= 0.6 is 12.6 Å². The summed E-state index contributed by atoms with van der Waals surface area (Å²) in [4.78, 5) is 0. The zero-order valence-corrected chi connectivity index (χ0v) is 8.27. The summed E-state index contributed by atoms with van der Waals surface area (Å²) in [5.41, 5.74) is 0. The summed E-state index contributed by atoms with van der Waals surface area (Å²) in [5, 5.41) is 0. The quantitative estimate of drug-likeness (QED) is 0.568. The molecule has 1 aromatic carbocycles. The summed E-state index contributed by atoms with van der Waals surface area (Å²) in [6.07, 6.45) is 2.03. The average molecular weight is 200 g/mol. The molecule has 0 saturated carbocycles. The Balaban J connectivity index is 2.25. The molecular formula is C10H13FOS. The number of ether oxygens (including phenoxy) is 1. The molecule has 13 heavy (non-hydrogen) atoms. The number of unbranched alkanes of at least 4 members (excludes halogenated alkanes) is 1. The normalized spacial score (nSPS) is 10.0. The van der Waals surface area contributed by atoms with E-state index in [0.29, 0.717) is 6.61 Å². The summed E-state index contributed by atoms with van der Waals surface area (Å²) in [6, 6.07) is 6.06. The first kappa shape index (κ1) is 10.4. The molecule has 0 saturated heterocycles. The Morgan fingerprint density at radius 3 is 2.46 bits per heavy atom. The van der Waals surface area contributed by atoms with E-state index < -0.39 is 0 Å². The van der Waals surface area contributed by atoms with Gasteiger partial charge in [-0.2, -0.15) is 12.6 Å². The summed E-state index contributed by atoms with van der Waals surface area (Å²) in [7, 11) is 0. The summed E-state index contributed by atoms with van der Waals surface area (Å²) < 4.78 is 17.8. The van der Waals surface area contributed by atoms with Crippen LogP contribution in [0.4, 0.5) is 4.39 Å². The average Bonchev–Trinajstić information content (AvgIpc) is 2.15. The predicted molar refractivity (Wildman–Crippen MR) is 55.0 cm³/mol. The molecule has 3 heteroatoms. The van der Waals surface area contributed by atoms with Crippen LogP contribution in [0.25, 0.3) is 0 Å². The minimum absolute atomic E-state index is 0.234. The smallest absolute Gasteiger partial charge is 0.123 e. The van der Waals surface area contributed by atoms with Crippen LogP contribution < -0.4 is 4.74 Å². The number of benzene rings is 1. The van der Waals surface area contributed by atoms with Crippen molar-refractivity contribution >= 4 is 12.6 Å². The van der Waals surface area contributed by atoms with E-state index in [4.69, 9.17) is 4.74 Å². The summed E-state index contributed by atoms with van der Waals surface area (Å²) >= 11 is 4.09. The molecule has 72 valence electrons. The second-order valence-corrected chi connectivity index (χ2v) is 3.18. The molecule has 1 nitrogen and oxygen atoms in total. The highest BCUT2D eigenvalue weighted by Crippen LogP contribution is 2.11. The summed E-state index contributed by atoms with van der Waals surface area (Å²) in [5.74, 6) is 1.37. The molecule has 0 fully saturated rings. The Labute approximate surface area is 83.3 Å². The number of hydrogen-bond acceptors (Lipinski definition) is 2. The fourth-order valence-corrected chi connectivity index (χ4v) is 1.16. The van der Waals surface area contributed by atoms with Crippen molar-refractivity contribution in [2.45, 2.75) is 12.8 Å². The van der Waals surface area contributed by atoms with Gasteiger partial charge in [-0.25, -0.2) is 4.39 Å². The van der Waals surface area contributed by atoms with E-state index >= 15 is 0 Å². The van der Waals surface area contributed by atoms with Crippen LogP contribution in [0.15, 0.2) is 24.3 Å². The third-order valence-electron chi connectivity index (χ3n) is 1.63. The molecule has 0 aliphatic carbocycles. The fraction of sp³-hybridized carbons (Fsp3) is 0.400. The number of halogens is 1. The molecular weight excluding hydrogens is 187 g/mol. The van der Waals surface area contributed by atoms with Gasteiger partial charge in [-0.15, -0.1) is 0 Å². The maximum absolute atomic E-state index is 12.5. The van der Waals surface area contributed by atoms with Gasteiger partial charge in [-0.3, -0.25) is 0 Å². The minimum Gasteiger partial charge on any atom is -0.494 e. The Hall–Kier alpha value is -0.700. The predicted octanol–water partition coefficient (Wildman–Crippen LogP) is 2.91. The monoisotopic (exact) mass is 200 g/mol. The third-order valence-corrected chi connectivity index (χ3v) is 1.95. The SMILES string of the molecule is Fc1ccc(OCCCCS)cc1. The van der Waals surface area contributed by atoms with Crippen LogP contribution in [0.1, 0.15) is 12.8 Å². The molecule has 0 amide bonds. The second-order valence-electron chi connectivity index (χ2n) is 2.73. The van der Waals surface area contributed by atoms with Gasteiger partial charge in [0, 0.05) is 0 Å². The van der Waals surface area contributed by atoms with Crippen molar-refractivity contribution in [3.05, 3.63) is 30.1 Å². The van der Waals surface area contributed by atoms with Gasteiger partial charge < -0.3 is 4.74 Å². The van der Waals surface area contributed by atoms with Crippen LogP contribution in [0.5, 0.6) is 5.75 Å². The van der Waals surface area contributed by atoms with Crippen LogP contribution in [0, 0.1) is 5.82 Å². The van der Waals surface area contributed by atoms with Gasteiger partial charge in [0.25, 0.3) is 0 Å². The van der Waals surface area contributed by atoms with E-state index in [-0.39, 0.29) is 5.82 Å². The lowest BCUT2D eigenvalue weighted by Crippen LogP contribution is -1.97. The maximum atomic E-state index is 12.5. The van der Waals surface area contributed by atoms with E-state index in [9.17, 15) is 4.39 Å². The first-order valence-electron chi connectivity index (χ1n) is 4.32. The lowest BCUT2D eigenvalue weighted by atomic mass is 10.3. The van der Waals surface area contributed by atoms with Gasteiger partial charge in [-0.1, -0.05) is 0 Å². The van der Waals surface area contributed by atoms with Crippen molar-refractivity contribution < 1.29 is 9.13 Å². The van der Waals surface area contributed by atoms with Crippen molar-refractivity contribution in [2.24, 2.45) is 0 Å². The summed E-state index contributed by atoms with van der Waals surface area (Å²) in [6.45, 7) is 0.673. The highest BCUT2D eigenvalue weighted by atomic mass is 32.1. The molecule has 0 N–H and O–H groups in total. The van der Waals surface area contributed by atoms with Crippen molar-refractivity contribution in [1.82, 2.24) is 0 Å². The lowest BCUT2D eigenvalue weighted by molar-refractivity contribution is 0.309. The van der Waals surface area contributed by atoms with Gasteiger partial charge >= 0.3 is 0 Å². The van der Waals surface area contributed by atoms with Crippen LogP contribution in [-0.2, 0) is 0 Å². The van der Waals surface area contributed by atoms with Crippen LogP contribution in [-0.4, -0.2) is 12.4 Å². The molecule has 0 atom stereocenters. The lowest BCUT2D eigenvalue weighted by Gasteiger charge is -2.04. The zero-order valence-electron chi connectivity index (χ0n) is 7.37. The van der Waals surface area contributed by atoms with E-state index in [0.717, 1.165) is 24.3 Å². The highest BCUT2D eigenvalue weighted by molar-refractivity contribution is 7.80. The molecule has 0 aliphatic rings. The van der Waals surface area contributed by atoms with Gasteiger partial charge in [0.05, 0.1) is 6.61 Å². The minimum atomic E-state index is -0.234. The first-order valence-corrected chi connectivity index (χ1v) is 4.95. The molecule has 0 aromatic heterocycles. The Morgan fingerprint density at radius 1 is 1.15 bits per heavy atom. The first-order chi connectivity index (χ1) is 6.33. The molecule has 0 heterocycles. The van der Waals surface area contributed by atoms with Crippen LogP contribution in [0.2, 0.25) is 0 Å². The molecule has 0 aliphatic heterocycles. The molecule has 1 rings (SSSR count).